The zero-order chi connectivity index (χ0) is 44.7. The highest BCUT2D eigenvalue weighted by Gasteiger charge is 2.57. The van der Waals surface area contributed by atoms with E-state index >= 15 is 0 Å². The van der Waals surface area contributed by atoms with E-state index in [9.17, 15) is 38.4 Å². The van der Waals surface area contributed by atoms with Gasteiger partial charge in [0.2, 0.25) is 6.29 Å². The van der Waals surface area contributed by atoms with Gasteiger partial charge in [-0.25, -0.2) is 0 Å². The van der Waals surface area contributed by atoms with Crippen molar-refractivity contribution < 1.29 is 95.2 Å². The van der Waals surface area contributed by atoms with E-state index in [2.05, 4.69) is 0 Å². The largest absolute Gasteiger partial charge is 0.484 e. The molecule has 2 fully saturated rings. The van der Waals surface area contributed by atoms with Crippen molar-refractivity contribution >= 4 is 47.6 Å². The summed E-state index contributed by atoms with van der Waals surface area (Å²) in [7, 11) is 0. The van der Waals surface area contributed by atoms with Gasteiger partial charge in [-0.1, -0.05) is 30.3 Å². The Morgan fingerprint density at radius 1 is 0.623 bits per heavy atom. The van der Waals surface area contributed by atoms with Crippen LogP contribution in [0.2, 0.25) is 0 Å². The average molecular weight is 859 g/mol. The first kappa shape index (κ1) is 46.0. The molecule has 0 aromatic heterocycles. The predicted molar refractivity (Wildman–Crippen MR) is 199 cm³/mol. The van der Waals surface area contributed by atoms with Crippen LogP contribution < -0.4 is 14.2 Å². The molecule has 0 aliphatic carbocycles. The van der Waals surface area contributed by atoms with E-state index in [4.69, 9.17) is 56.8 Å². The third kappa shape index (κ3) is 11.8. The topological polar surface area (TPSA) is 247 Å². The van der Waals surface area contributed by atoms with Crippen LogP contribution in [0.1, 0.15) is 83.8 Å². The summed E-state index contributed by atoms with van der Waals surface area (Å²) < 4.78 is 69.9. The Morgan fingerprint density at radius 2 is 1.18 bits per heavy atom. The summed E-state index contributed by atoms with van der Waals surface area (Å²) in [5.41, 5.74) is 0.618. The minimum Gasteiger partial charge on any atom is -0.484 e. The first-order valence-corrected chi connectivity index (χ1v) is 19.0. The molecule has 20 heteroatoms. The van der Waals surface area contributed by atoms with Gasteiger partial charge in [0.15, 0.2) is 48.7 Å². The summed E-state index contributed by atoms with van der Waals surface area (Å²) in [6.07, 6.45) is -16.5. The standard InChI is InChI=1S/C41H46O20/c1-18-34(53-21(4)44)36(55-23(6)46)38(57-25(8)48)40(51-18)61-39-37(56-24(7)47)35(54-22(5)45)32(17-50-19(2)42)60-41(39)58-27-14-30(52-20(3)43)33-28(49)16-29(59-31(33)15-27)26-12-10-9-11-13-26/h9-15,18,29,32,34-41H,16-17H2,1-8H3/t18-,29?,32+,34-,35+,36+,37-,38+,39+,40-,41+/m0/s1. The lowest BCUT2D eigenvalue weighted by Crippen LogP contribution is -2.67. The molecule has 61 heavy (non-hydrogen) atoms. The first-order valence-electron chi connectivity index (χ1n) is 19.0. The number of fused-ring (bicyclic) bond motifs is 1. The molecule has 2 saturated heterocycles. The zero-order valence-corrected chi connectivity index (χ0v) is 34.5. The van der Waals surface area contributed by atoms with Crippen LogP contribution in [-0.4, -0.2) is 116 Å². The van der Waals surface area contributed by atoms with Gasteiger partial charge in [-0.3, -0.25) is 38.4 Å². The maximum atomic E-state index is 13.6. The van der Waals surface area contributed by atoms with E-state index in [1.165, 1.54) is 19.1 Å². The molecule has 0 radical (unpaired) electrons. The van der Waals surface area contributed by atoms with Crippen molar-refractivity contribution in [3.05, 3.63) is 53.6 Å². The number of hydrogen-bond acceptors (Lipinski definition) is 20. The Balaban J connectivity index is 1.65. The number of ether oxygens (including phenoxy) is 12. The Kier molecular flexibility index (Phi) is 15.0. The highest BCUT2D eigenvalue weighted by Crippen LogP contribution is 2.44. The molecule has 3 aliphatic rings. The van der Waals surface area contributed by atoms with Crippen molar-refractivity contribution in [1.82, 2.24) is 0 Å². The maximum Gasteiger partial charge on any atom is 0.308 e. The molecular weight excluding hydrogens is 812 g/mol. The fourth-order valence-electron chi connectivity index (χ4n) is 7.04. The molecule has 0 saturated carbocycles. The van der Waals surface area contributed by atoms with Crippen LogP contribution in [0, 0.1) is 0 Å². The molecule has 11 atom stereocenters. The number of esters is 7. The second-order valence-electron chi connectivity index (χ2n) is 14.2. The van der Waals surface area contributed by atoms with E-state index in [1.54, 1.807) is 30.3 Å². The predicted octanol–water partition coefficient (Wildman–Crippen LogP) is 2.77. The summed E-state index contributed by atoms with van der Waals surface area (Å²) in [5, 5.41) is 0. The molecule has 20 nitrogen and oxygen atoms in total. The Morgan fingerprint density at radius 3 is 1.75 bits per heavy atom. The van der Waals surface area contributed by atoms with Crippen LogP contribution in [0.3, 0.4) is 0 Å². The second kappa shape index (κ2) is 20.0. The normalized spacial score (nSPS) is 28.1. The van der Waals surface area contributed by atoms with Gasteiger partial charge in [-0.2, -0.15) is 0 Å². The highest BCUT2D eigenvalue weighted by molar-refractivity contribution is 6.03. The van der Waals surface area contributed by atoms with Gasteiger partial charge in [-0.15, -0.1) is 0 Å². The molecule has 2 aromatic carbocycles. The van der Waals surface area contributed by atoms with Crippen molar-refractivity contribution in [2.75, 3.05) is 6.61 Å². The number of rotatable bonds is 13. The van der Waals surface area contributed by atoms with Crippen LogP contribution in [-0.2, 0) is 76.2 Å². The minimum absolute atomic E-state index is 0.0435. The molecule has 3 heterocycles. The smallest absolute Gasteiger partial charge is 0.308 e. The molecule has 3 aliphatic heterocycles. The molecule has 5 rings (SSSR count). The van der Waals surface area contributed by atoms with Crippen molar-refractivity contribution in [2.24, 2.45) is 0 Å². The van der Waals surface area contributed by atoms with Crippen LogP contribution in [0.4, 0.5) is 0 Å². The minimum atomic E-state index is -1.79. The van der Waals surface area contributed by atoms with Crippen LogP contribution in [0.15, 0.2) is 42.5 Å². The lowest BCUT2D eigenvalue weighted by Gasteiger charge is -2.48. The van der Waals surface area contributed by atoms with E-state index < -0.39 is 122 Å². The molecular formula is C41H46O20. The molecule has 0 amide bonds. The third-order valence-electron chi connectivity index (χ3n) is 9.21. The summed E-state index contributed by atoms with van der Waals surface area (Å²) in [4.78, 5) is 100. The van der Waals surface area contributed by atoms with Crippen molar-refractivity contribution in [1.29, 1.82) is 0 Å². The maximum absolute atomic E-state index is 13.6. The van der Waals surface area contributed by atoms with E-state index in [-0.39, 0.29) is 29.2 Å². The summed E-state index contributed by atoms with van der Waals surface area (Å²) in [6.45, 7) is 8.41. The fraction of sp³-hybridized carbons (Fsp3) is 0.512. The monoisotopic (exact) mass is 858 g/mol. The van der Waals surface area contributed by atoms with Crippen LogP contribution in [0.25, 0.3) is 0 Å². The number of ketones is 1. The number of carbonyl (C=O) groups is 8. The van der Waals surface area contributed by atoms with Gasteiger partial charge in [0, 0.05) is 60.6 Å². The summed E-state index contributed by atoms with van der Waals surface area (Å²) in [6, 6.07) is 11.4. The lowest BCUT2D eigenvalue weighted by molar-refractivity contribution is -0.356. The SMILES string of the molecule is CC(=O)OC[C@H]1O[C@@H](Oc2cc(OC(C)=O)c3c(c2)OC(c2ccccc2)CC3=O)[C@H](O[C@@H]2O[C@@H](C)[C@H](OC(C)=O)[C@@H](OC(C)=O)[C@H]2OC(C)=O)[C@@H](OC(C)=O)[C@@H]1OC(C)=O. The van der Waals surface area contributed by atoms with Crippen molar-refractivity contribution in [3.63, 3.8) is 0 Å². The molecule has 0 bridgehead atoms. The molecule has 330 valence electrons. The summed E-state index contributed by atoms with van der Waals surface area (Å²) in [5.74, 6) is -6.77. The molecule has 0 N–H and O–H groups in total. The van der Waals surface area contributed by atoms with E-state index in [0.29, 0.717) is 5.56 Å². The van der Waals surface area contributed by atoms with Gasteiger partial charge in [0.1, 0.15) is 41.6 Å². The average Bonchev–Trinajstić information content (AvgIpc) is 3.15. The van der Waals surface area contributed by atoms with Gasteiger partial charge in [-0.05, 0) is 12.5 Å². The Hall–Kier alpha value is -6.12. The van der Waals surface area contributed by atoms with Crippen LogP contribution >= 0.6 is 0 Å². The van der Waals surface area contributed by atoms with E-state index in [0.717, 1.165) is 48.5 Å². The number of benzene rings is 2. The Labute approximate surface area is 349 Å². The van der Waals surface area contributed by atoms with Crippen molar-refractivity contribution in [3.8, 4) is 17.2 Å². The molecule has 2 aromatic rings. The van der Waals surface area contributed by atoms with Gasteiger partial charge < -0.3 is 56.8 Å². The number of carbonyl (C=O) groups excluding carboxylic acids is 8. The third-order valence-corrected chi connectivity index (χ3v) is 9.21. The summed E-state index contributed by atoms with van der Waals surface area (Å²) >= 11 is 0. The highest BCUT2D eigenvalue weighted by atomic mass is 16.8. The fourth-order valence-corrected chi connectivity index (χ4v) is 7.04. The quantitative estimate of drug-likeness (QED) is 0.160. The van der Waals surface area contributed by atoms with E-state index in [1.807, 2.05) is 0 Å². The Bertz CT molecular complexity index is 2000. The van der Waals surface area contributed by atoms with Crippen LogP contribution in [0.5, 0.6) is 17.2 Å². The molecule has 0 spiro atoms. The van der Waals surface area contributed by atoms with Gasteiger partial charge in [0.05, 0.1) is 12.5 Å². The van der Waals surface area contributed by atoms with Gasteiger partial charge in [0.25, 0.3) is 0 Å². The number of hydrogen-bond donors (Lipinski definition) is 0. The number of Topliss-reactive ketones (excluding diaryl/α,β-unsaturated/α-hetero) is 1. The van der Waals surface area contributed by atoms with Gasteiger partial charge >= 0.3 is 41.8 Å². The molecule has 1 unspecified atom stereocenters. The van der Waals surface area contributed by atoms with Crippen molar-refractivity contribution in [2.45, 2.75) is 129 Å². The first-order chi connectivity index (χ1) is 28.8. The zero-order valence-electron chi connectivity index (χ0n) is 34.5. The second-order valence-corrected chi connectivity index (χ2v) is 14.2. The lowest BCUT2D eigenvalue weighted by atomic mass is 9.95.